The Hall–Kier alpha value is -3.70. The number of carbonyl (C=O) groups excluding carboxylic acids is 2. The van der Waals surface area contributed by atoms with Crippen LogP contribution in [-0.4, -0.2) is 25.5 Å². The molecular formula is C36H31GaN2O2Zr. The van der Waals surface area contributed by atoms with Crippen LogP contribution in [0.15, 0.2) is 133 Å². The zero-order valence-corrected chi connectivity index (χ0v) is 28.0. The number of nitrogens with one attached hydrogen (secondary N) is 2. The van der Waals surface area contributed by atoms with E-state index < -0.39 is 29.8 Å². The van der Waals surface area contributed by atoms with Gasteiger partial charge in [-0.05, 0) is 0 Å². The molecule has 2 aliphatic carbocycles. The van der Waals surface area contributed by atoms with E-state index in [0.29, 0.717) is 0 Å². The number of rotatable bonds is 11. The van der Waals surface area contributed by atoms with Crippen LogP contribution in [0.1, 0.15) is 40.6 Å². The van der Waals surface area contributed by atoms with Gasteiger partial charge >= 0.3 is 256 Å². The molecule has 0 saturated carbocycles. The molecule has 2 amide bonds. The van der Waals surface area contributed by atoms with Gasteiger partial charge in [-0.1, -0.05) is 0 Å². The van der Waals surface area contributed by atoms with Gasteiger partial charge in [0.1, 0.15) is 0 Å². The Labute approximate surface area is 254 Å². The number of allylic oxidation sites excluding steroid dienone is 4. The van der Waals surface area contributed by atoms with Gasteiger partial charge in [0.2, 0.25) is 0 Å². The van der Waals surface area contributed by atoms with Crippen molar-refractivity contribution in [3.8, 4) is 0 Å². The topological polar surface area (TPSA) is 58.2 Å². The van der Waals surface area contributed by atoms with Crippen LogP contribution in [0.25, 0.3) is 21.5 Å². The minimum absolute atomic E-state index is 0.109. The molecule has 204 valence electrons. The second-order valence-electron chi connectivity index (χ2n) is 10.6. The van der Waals surface area contributed by atoms with Crippen LogP contribution in [0.2, 0.25) is 0 Å². The SMILES string of the molecule is O=C[NH][Ga]([NH]C=O)[Zr]([C](=CC=Cc1ccccc1)c1ccccc1)([CH]1C=Cc2ccccc21)[CH]1C=Cc2ccccc21. The standard InChI is InChI=1S/C16H13.2C9H7.2CH3NO.Ga.Zr/c1-3-9-15(10-4-1)13-7-8-14-16-11-5-2-6-12-16;2*1-2-5-9-7-3-6-8(9)4-1;2*2-1-3;;/h1-13H;2*1-7H;2*1H,(H2,2,3);;/q;;;;;+2;/p-2. The molecule has 42 heavy (non-hydrogen) atoms. The first-order chi connectivity index (χ1) is 20.8. The summed E-state index contributed by atoms with van der Waals surface area (Å²) in [4.78, 5) is 24.7. The molecule has 4 nitrogen and oxygen atoms in total. The number of amides is 2. The van der Waals surface area contributed by atoms with Gasteiger partial charge in [-0.15, -0.1) is 0 Å². The molecule has 6 heteroatoms. The number of benzene rings is 4. The minimum atomic E-state index is -4.15. The molecule has 0 aromatic heterocycles. The molecule has 0 fully saturated rings. The third kappa shape index (κ3) is 5.31. The fraction of sp³-hybridized carbons (Fsp3) is 0.0556. The van der Waals surface area contributed by atoms with E-state index in [9.17, 15) is 9.59 Å². The maximum atomic E-state index is 12.4. The van der Waals surface area contributed by atoms with E-state index >= 15 is 0 Å². The first-order valence-electron chi connectivity index (χ1n) is 14.2. The van der Waals surface area contributed by atoms with Crippen molar-refractivity contribution < 1.29 is 26.8 Å². The molecule has 2 aliphatic rings. The number of hydrogen-bond donors (Lipinski definition) is 2. The molecule has 0 bridgehead atoms. The molecule has 4 aromatic carbocycles. The van der Waals surface area contributed by atoms with Gasteiger partial charge < -0.3 is 0 Å². The second-order valence-corrected chi connectivity index (χ2v) is 42.0. The molecule has 2 N–H and O–H groups in total. The summed E-state index contributed by atoms with van der Waals surface area (Å²) >= 11 is -7.31. The Kier molecular flexibility index (Phi) is 8.85. The van der Waals surface area contributed by atoms with Gasteiger partial charge in [0.25, 0.3) is 0 Å². The quantitative estimate of drug-likeness (QED) is 0.103. The van der Waals surface area contributed by atoms with Gasteiger partial charge in [0.05, 0.1) is 0 Å². The Morgan fingerprint density at radius 2 is 1.14 bits per heavy atom. The van der Waals surface area contributed by atoms with Crippen molar-refractivity contribution in [2.24, 2.45) is 0 Å². The fourth-order valence-electron chi connectivity index (χ4n) is 6.76. The van der Waals surface area contributed by atoms with E-state index in [0.717, 1.165) is 23.9 Å². The van der Waals surface area contributed by atoms with E-state index in [4.69, 9.17) is 0 Å². The maximum absolute atomic E-state index is 12.4. The summed E-state index contributed by atoms with van der Waals surface area (Å²) in [7, 11) is 0. The summed E-state index contributed by atoms with van der Waals surface area (Å²) in [6.45, 7) is 0. The summed E-state index contributed by atoms with van der Waals surface area (Å²) in [6.07, 6.45) is 17.4. The summed E-state index contributed by atoms with van der Waals surface area (Å²) in [5, 5.41) is 0. The molecule has 0 aliphatic heterocycles. The van der Waals surface area contributed by atoms with Crippen LogP contribution in [0.5, 0.6) is 0 Å². The second kappa shape index (κ2) is 13.1. The molecule has 0 heterocycles. The van der Waals surface area contributed by atoms with E-state index in [1.807, 2.05) is 24.3 Å². The predicted octanol–water partition coefficient (Wildman–Crippen LogP) is 6.91. The Bertz CT molecular complexity index is 1630. The summed E-state index contributed by atoms with van der Waals surface area (Å²) < 4.78 is 8.16. The Balaban J connectivity index is 1.69. The van der Waals surface area contributed by atoms with Crippen molar-refractivity contribution in [1.29, 1.82) is 0 Å². The van der Waals surface area contributed by atoms with E-state index in [2.05, 4.69) is 136 Å². The van der Waals surface area contributed by atoms with Gasteiger partial charge in [0.15, 0.2) is 0 Å². The normalized spacial score (nSPS) is 18.2. The van der Waals surface area contributed by atoms with Crippen LogP contribution in [0.3, 0.4) is 0 Å². The number of carbonyl (C=O) groups is 2. The summed E-state index contributed by atoms with van der Waals surface area (Å²) in [6, 6.07) is 38.1. The molecule has 2 atom stereocenters. The molecule has 4 aromatic rings. The summed E-state index contributed by atoms with van der Waals surface area (Å²) in [5.41, 5.74) is 7.27. The zero-order chi connectivity index (χ0) is 28.8. The van der Waals surface area contributed by atoms with E-state index in [1.165, 1.54) is 25.5 Å². The average Bonchev–Trinajstić information content (AvgIpc) is 3.67. The number of hydrogen-bond acceptors (Lipinski definition) is 2. The third-order valence-electron chi connectivity index (χ3n) is 8.48. The molecule has 6 rings (SSSR count). The Morgan fingerprint density at radius 1 is 0.643 bits per heavy atom. The number of fused-ring (bicyclic) bond motifs is 2. The molecule has 2 unspecified atom stereocenters. The van der Waals surface area contributed by atoms with Crippen LogP contribution >= 0.6 is 0 Å². The van der Waals surface area contributed by atoms with Crippen LogP contribution < -0.4 is 8.05 Å². The first-order valence-corrected chi connectivity index (χ1v) is 29.3. The van der Waals surface area contributed by atoms with Crippen LogP contribution in [0.4, 0.5) is 0 Å². The molecular weight excluding hydrogens is 653 g/mol. The van der Waals surface area contributed by atoms with Gasteiger partial charge in [-0.25, -0.2) is 0 Å². The van der Waals surface area contributed by atoms with Crippen molar-refractivity contribution in [3.63, 3.8) is 0 Å². The molecule has 0 saturated heterocycles. The zero-order valence-electron chi connectivity index (χ0n) is 23.1. The first kappa shape index (κ1) is 28.4. The van der Waals surface area contributed by atoms with Crippen LogP contribution in [-0.2, 0) is 26.8 Å². The third-order valence-corrected chi connectivity index (χ3v) is 52.6. The van der Waals surface area contributed by atoms with Crippen LogP contribution in [0, 0.1) is 0 Å². The average molecular weight is 685 g/mol. The molecule has 0 radical (unpaired) electrons. The van der Waals surface area contributed by atoms with Gasteiger partial charge in [-0.2, -0.15) is 0 Å². The van der Waals surface area contributed by atoms with Crippen molar-refractivity contribution in [2.75, 3.05) is 0 Å². The van der Waals surface area contributed by atoms with Gasteiger partial charge in [-0.3, -0.25) is 0 Å². The van der Waals surface area contributed by atoms with Crippen molar-refractivity contribution >= 4 is 47.0 Å². The monoisotopic (exact) mass is 682 g/mol. The fourth-order valence-corrected chi connectivity index (χ4v) is 54.3. The summed E-state index contributed by atoms with van der Waals surface area (Å²) in [5.74, 6) is 0. The molecule has 0 spiro atoms. The van der Waals surface area contributed by atoms with Crippen molar-refractivity contribution in [2.45, 2.75) is 7.25 Å². The van der Waals surface area contributed by atoms with E-state index in [1.54, 1.807) is 0 Å². The van der Waals surface area contributed by atoms with E-state index in [-0.39, 0.29) is 7.25 Å². The van der Waals surface area contributed by atoms with Gasteiger partial charge in [0, 0.05) is 0 Å². The van der Waals surface area contributed by atoms with Crippen molar-refractivity contribution in [1.82, 2.24) is 8.05 Å². The predicted molar refractivity (Wildman–Crippen MR) is 170 cm³/mol. The Morgan fingerprint density at radius 3 is 1.69 bits per heavy atom. The van der Waals surface area contributed by atoms with Crippen molar-refractivity contribution in [3.05, 3.63) is 167 Å².